The Kier molecular flexibility index (Phi) is 4.18. The third-order valence-electron chi connectivity index (χ3n) is 3.93. The van der Waals surface area contributed by atoms with Gasteiger partial charge in [-0.05, 0) is 51.2 Å². The number of fused-ring (bicyclic) bond motifs is 1. The van der Waals surface area contributed by atoms with Gasteiger partial charge in [-0.25, -0.2) is 0 Å². The van der Waals surface area contributed by atoms with Crippen molar-refractivity contribution >= 4 is 28.7 Å². The van der Waals surface area contributed by atoms with E-state index in [1.807, 2.05) is 13.8 Å². The standard InChI is InChI=1S/C16H19ClN2OS/c1-10(2)19-15(12(17)9-18-19)16(20)14-8-11-6-4-3-5-7-13(11)21-14/h8-10H,3-7H2,1-2H3. The number of nitrogens with zero attached hydrogens (tertiary/aromatic N) is 2. The molecule has 0 amide bonds. The molecule has 2 aromatic heterocycles. The van der Waals surface area contributed by atoms with Gasteiger partial charge in [-0.15, -0.1) is 11.3 Å². The first kappa shape index (κ1) is 14.8. The minimum absolute atomic E-state index is 0.00396. The molecular formula is C16H19ClN2OS. The van der Waals surface area contributed by atoms with Crippen molar-refractivity contribution < 1.29 is 4.79 Å². The highest BCUT2D eigenvalue weighted by molar-refractivity contribution is 7.14. The second-order valence-corrected chi connectivity index (χ2v) is 7.37. The molecule has 112 valence electrons. The van der Waals surface area contributed by atoms with Crippen molar-refractivity contribution in [3.8, 4) is 0 Å². The van der Waals surface area contributed by atoms with E-state index < -0.39 is 0 Å². The van der Waals surface area contributed by atoms with E-state index >= 15 is 0 Å². The van der Waals surface area contributed by atoms with Gasteiger partial charge in [-0.1, -0.05) is 18.0 Å². The molecule has 0 saturated carbocycles. The summed E-state index contributed by atoms with van der Waals surface area (Å²) in [4.78, 5) is 15.0. The number of hydrogen-bond acceptors (Lipinski definition) is 3. The number of rotatable bonds is 3. The largest absolute Gasteiger partial charge is 0.286 e. The molecule has 21 heavy (non-hydrogen) atoms. The Morgan fingerprint density at radius 1 is 1.33 bits per heavy atom. The molecule has 3 rings (SSSR count). The van der Waals surface area contributed by atoms with Crippen LogP contribution >= 0.6 is 22.9 Å². The van der Waals surface area contributed by atoms with Gasteiger partial charge in [0.25, 0.3) is 0 Å². The van der Waals surface area contributed by atoms with Crippen molar-refractivity contribution in [1.29, 1.82) is 0 Å². The Morgan fingerprint density at radius 2 is 2.10 bits per heavy atom. The van der Waals surface area contributed by atoms with Crippen LogP contribution in [0.2, 0.25) is 5.02 Å². The molecule has 0 N–H and O–H groups in total. The molecular weight excluding hydrogens is 304 g/mol. The zero-order valence-corrected chi connectivity index (χ0v) is 13.9. The summed E-state index contributed by atoms with van der Waals surface area (Å²) in [6.45, 7) is 4.01. The van der Waals surface area contributed by atoms with E-state index in [4.69, 9.17) is 11.6 Å². The van der Waals surface area contributed by atoms with Crippen LogP contribution in [0.1, 0.15) is 65.0 Å². The highest BCUT2D eigenvalue weighted by Gasteiger charge is 2.24. The molecule has 1 aliphatic rings. The Labute approximate surface area is 133 Å². The molecule has 0 fully saturated rings. The molecule has 0 bridgehead atoms. The van der Waals surface area contributed by atoms with Crippen LogP contribution in [-0.2, 0) is 12.8 Å². The summed E-state index contributed by atoms with van der Waals surface area (Å²) in [5.41, 5.74) is 1.87. The van der Waals surface area contributed by atoms with Gasteiger partial charge in [0.2, 0.25) is 5.78 Å². The van der Waals surface area contributed by atoms with Crippen LogP contribution in [0.15, 0.2) is 12.3 Å². The zero-order chi connectivity index (χ0) is 15.0. The number of hydrogen-bond donors (Lipinski definition) is 0. The first-order valence-electron chi connectivity index (χ1n) is 7.47. The van der Waals surface area contributed by atoms with Crippen LogP contribution in [0.25, 0.3) is 0 Å². The number of carbonyl (C=O) groups excluding carboxylic acids is 1. The van der Waals surface area contributed by atoms with Crippen molar-refractivity contribution in [3.05, 3.63) is 38.3 Å². The maximum absolute atomic E-state index is 12.8. The summed E-state index contributed by atoms with van der Waals surface area (Å²) < 4.78 is 1.72. The van der Waals surface area contributed by atoms with Crippen LogP contribution in [0.5, 0.6) is 0 Å². The van der Waals surface area contributed by atoms with E-state index in [0.717, 1.165) is 17.7 Å². The summed E-state index contributed by atoms with van der Waals surface area (Å²) in [6, 6.07) is 2.19. The lowest BCUT2D eigenvalue weighted by atomic mass is 10.1. The van der Waals surface area contributed by atoms with Gasteiger partial charge in [0.05, 0.1) is 16.1 Å². The van der Waals surface area contributed by atoms with E-state index in [-0.39, 0.29) is 11.8 Å². The van der Waals surface area contributed by atoms with Crippen LogP contribution in [0.4, 0.5) is 0 Å². The molecule has 0 aromatic carbocycles. The van der Waals surface area contributed by atoms with Gasteiger partial charge < -0.3 is 0 Å². The maximum Gasteiger partial charge on any atom is 0.222 e. The van der Waals surface area contributed by atoms with Crippen molar-refractivity contribution in [1.82, 2.24) is 9.78 Å². The van der Waals surface area contributed by atoms with Crippen LogP contribution in [0, 0.1) is 0 Å². The Balaban J connectivity index is 1.98. The van der Waals surface area contributed by atoms with E-state index in [9.17, 15) is 4.79 Å². The average molecular weight is 323 g/mol. The van der Waals surface area contributed by atoms with Gasteiger partial charge in [0.15, 0.2) is 0 Å². The highest BCUT2D eigenvalue weighted by Crippen LogP contribution is 2.32. The fraction of sp³-hybridized carbons (Fsp3) is 0.500. The summed E-state index contributed by atoms with van der Waals surface area (Å²) >= 11 is 7.82. The normalized spacial score (nSPS) is 15.0. The van der Waals surface area contributed by atoms with Crippen LogP contribution < -0.4 is 0 Å². The minimum Gasteiger partial charge on any atom is -0.286 e. The zero-order valence-electron chi connectivity index (χ0n) is 12.4. The SMILES string of the molecule is CC(C)n1ncc(Cl)c1C(=O)c1cc2c(s1)CCCCC2. The van der Waals surface area contributed by atoms with Crippen molar-refractivity contribution in [2.24, 2.45) is 0 Å². The summed E-state index contributed by atoms with van der Waals surface area (Å²) in [6.07, 6.45) is 7.50. The highest BCUT2D eigenvalue weighted by atomic mass is 35.5. The van der Waals surface area contributed by atoms with Crippen LogP contribution in [-0.4, -0.2) is 15.6 Å². The van der Waals surface area contributed by atoms with E-state index in [1.165, 1.54) is 29.7 Å². The van der Waals surface area contributed by atoms with Gasteiger partial charge in [0, 0.05) is 10.9 Å². The number of thiophene rings is 1. The third-order valence-corrected chi connectivity index (χ3v) is 5.44. The lowest BCUT2D eigenvalue weighted by molar-refractivity contribution is 0.103. The van der Waals surface area contributed by atoms with Gasteiger partial charge >= 0.3 is 0 Å². The van der Waals surface area contributed by atoms with E-state index in [1.54, 1.807) is 22.2 Å². The molecule has 1 aliphatic carbocycles. The fourth-order valence-corrected chi connectivity index (χ4v) is 4.25. The Hall–Kier alpha value is -1.13. The van der Waals surface area contributed by atoms with Gasteiger partial charge in [0.1, 0.15) is 5.69 Å². The molecule has 0 saturated heterocycles. The lowest BCUT2D eigenvalue weighted by Gasteiger charge is -2.09. The lowest BCUT2D eigenvalue weighted by Crippen LogP contribution is -2.13. The summed E-state index contributed by atoms with van der Waals surface area (Å²) in [7, 11) is 0. The summed E-state index contributed by atoms with van der Waals surface area (Å²) in [5, 5.41) is 4.67. The Bertz CT molecular complexity index is 648. The van der Waals surface area contributed by atoms with Crippen LogP contribution in [0.3, 0.4) is 0 Å². The molecule has 5 heteroatoms. The van der Waals surface area contributed by atoms with Gasteiger partial charge in [-0.2, -0.15) is 5.10 Å². The van der Waals surface area contributed by atoms with Crippen molar-refractivity contribution in [2.45, 2.75) is 52.0 Å². The molecule has 0 spiro atoms. The maximum atomic E-state index is 12.8. The second-order valence-electron chi connectivity index (χ2n) is 5.83. The molecule has 3 nitrogen and oxygen atoms in total. The first-order valence-corrected chi connectivity index (χ1v) is 8.66. The molecule has 0 aliphatic heterocycles. The topological polar surface area (TPSA) is 34.9 Å². The molecule has 2 aromatic rings. The number of halogens is 1. The number of ketones is 1. The molecule has 0 radical (unpaired) electrons. The third kappa shape index (κ3) is 2.79. The monoisotopic (exact) mass is 322 g/mol. The smallest absolute Gasteiger partial charge is 0.222 e. The number of carbonyl (C=O) groups is 1. The molecule has 2 heterocycles. The second kappa shape index (κ2) is 5.93. The van der Waals surface area contributed by atoms with Gasteiger partial charge in [-0.3, -0.25) is 9.48 Å². The van der Waals surface area contributed by atoms with Crippen molar-refractivity contribution in [3.63, 3.8) is 0 Å². The number of aryl methyl sites for hydroxylation is 2. The molecule has 0 atom stereocenters. The quantitative estimate of drug-likeness (QED) is 0.607. The Morgan fingerprint density at radius 3 is 2.86 bits per heavy atom. The van der Waals surface area contributed by atoms with E-state index in [0.29, 0.717) is 10.7 Å². The first-order chi connectivity index (χ1) is 10.1. The predicted octanol–water partition coefficient (Wildman–Crippen LogP) is 4.68. The predicted molar refractivity (Wildman–Crippen MR) is 86.6 cm³/mol. The average Bonchev–Trinajstić information content (AvgIpc) is 2.96. The molecule has 0 unspecified atom stereocenters. The fourth-order valence-electron chi connectivity index (χ4n) is 2.84. The van der Waals surface area contributed by atoms with Crippen molar-refractivity contribution in [2.75, 3.05) is 0 Å². The number of aromatic nitrogens is 2. The van der Waals surface area contributed by atoms with E-state index in [2.05, 4.69) is 11.2 Å². The minimum atomic E-state index is 0.00396. The summed E-state index contributed by atoms with van der Waals surface area (Å²) in [5.74, 6) is 0.00396.